The zero-order chi connectivity index (χ0) is 20.1. The molecule has 2 N–H and O–H groups in total. The van der Waals surface area contributed by atoms with Crippen LogP contribution in [0.1, 0.15) is 30.0 Å². The number of hydrogen-bond donors (Lipinski definition) is 2. The van der Waals surface area contributed by atoms with Crippen molar-refractivity contribution in [1.82, 2.24) is 9.97 Å². The highest BCUT2D eigenvalue weighted by molar-refractivity contribution is 5.90. The lowest BCUT2D eigenvalue weighted by molar-refractivity contribution is 0.0502. The van der Waals surface area contributed by atoms with Gasteiger partial charge >= 0.3 is 5.97 Å². The summed E-state index contributed by atoms with van der Waals surface area (Å²) in [6.07, 6.45) is 0.0301. The Kier molecular flexibility index (Phi) is 5.61. The summed E-state index contributed by atoms with van der Waals surface area (Å²) < 4.78 is 10.6. The predicted molar refractivity (Wildman–Crippen MR) is 104 cm³/mol. The minimum Gasteiger partial charge on any atom is -0.507 e. The molecule has 1 aromatic heterocycles. The number of H-pyrrole nitrogens is 1. The van der Waals surface area contributed by atoms with E-state index in [1.54, 1.807) is 30.3 Å². The maximum Gasteiger partial charge on any atom is 0.338 e. The van der Waals surface area contributed by atoms with E-state index in [0.717, 1.165) is 5.52 Å². The molecule has 0 radical (unpaired) electrons. The molecule has 2 aromatic carbocycles. The first-order valence-electron chi connectivity index (χ1n) is 8.69. The highest BCUT2D eigenvalue weighted by Crippen LogP contribution is 2.19. The van der Waals surface area contributed by atoms with Crippen molar-refractivity contribution in [3.05, 3.63) is 65.7 Å². The van der Waals surface area contributed by atoms with Gasteiger partial charge in [0, 0.05) is 0 Å². The second-order valence-corrected chi connectivity index (χ2v) is 6.30. The number of esters is 1. The van der Waals surface area contributed by atoms with Crippen LogP contribution in [0.3, 0.4) is 0 Å². The van der Waals surface area contributed by atoms with Crippen LogP contribution in [0.2, 0.25) is 0 Å². The number of imidazole rings is 1. The number of ether oxygens (including phenoxy) is 2. The largest absolute Gasteiger partial charge is 0.507 e. The number of nitrogens with zero attached hydrogens (tertiary/aromatic N) is 2. The lowest BCUT2D eigenvalue weighted by Crippen LogP contribution is -2.10. The maximum atomic E-state index is 12.2. The highest BCUT2D eigenvalue weighted by atomic mass is 16.5. The van der Waals surface area contributed by atoms with E-state index >= 15 is 0 Å². The van der Waals surface area contributed by atoms with Gasteiger partial charge in [-0.1, -0.05) is 12.1 Å². The van der Waals surface area contributed by atoms with Gasteiger partial charge in [0.05, 0.1) is 22.7 Å². The number of aliphatic hydroxyl groups excluding tert-OH is 1. The number of fused-ring (bicyclic) bond motifs is 1. The van der Waals surface area contributed by atoms with Crippen molar-refractivity contribution < 1.29 is 19.4 Å². The van der Waals surface area contributed by atoms with Gasteiger partial charge in [0.1, 0.15) is 24.0 Å². The minimum atomic E-state index is -0.621. The summed E-state index contributed by atoms with van der Waals surface area (Å²) in [6, 6.07) is 15.6. The van der Waals surface area contributed by atoms with Gasteiger partial charge in [-0.2, -0.15) is 5.26 Å². The Balaban J connectivity index is 1.71. The van der Waals surface area contributed by atoms with Crippen molar-refractivity contribution in [3.8, 4) is 11.8 Å². The van der Waals surface area contributed by atoms with Crippen LogP contribution in [0.25, 0.3) is 16.6 Å². The van der Waals surface area contributed by atoms with Gasteiger partial charge in [-0.3, -0.25) is 0 Å². The van der Waals surface area contributed by atoms with Crippen molar-refractivity contribution in [3.63, 3.8) is 0 Å². The number of aliphatic hydroxyl groups is 1. The summed E-state index contributed by atoms with van der Waals surface area (Å²) >= 11 is 0. The number of hydrogen-bond acceptors (Lipinski definition) is 6. The van der Waals surface area contributed by atoms with Crippen molar-refractivity contribution in [2.45, 2.75) is 20.0 Å². The normalized spacial score (nSPS) is 11.8. The average Bonchev–Trinajstić information content (AvgIpc) is 3.10. The van der Waals surface area contributed by atoms with E-state index in [0.29, 0.717) is 16.8 Å². The van der Waals surface area contributed by atoms with Crippen molar-refractivity contribution >= 4 is 22.6 Å². The highest BCUT2D eigenvalue weighted by Gasteiger charge is 2.15. The Morgan fingerprint density at radius 1 is 1.21 bits per heavy atom. The van der Waals surface area contributed by atoms with Crippen LogP contribution in [0.5, 0.6) is 5.75 Å². The standard InChI is InChI=1S/C21H19N3O4/c1-13(2)28-15-9-7-14(8-10-15)21(26)27-12-19(25)16(11-22)20-23-17-5-3-4-6-18(17)24-20/h3-10,13,25H,12H2,1-2H3,(H,23,24)/b19-16-. The molecule has 3 aromatic rings. The van der Waals surface area contributed by atoms with Gasteiger partial charge in [0.15, 0.2) is 11.6 Å². The molecule has 1 heterocycles. The second-order valence-electron chi connectivity index (χ2n) is 6.30. The predicted octanol–water partition coefficient (Wildman–Crippen LogP) is 4.00. The van der Waals surface area contributed by atoms with Crippen LogP contribution >= 0.6 is 0 Å². The van der Waals surface area contributed by atoms with Crippen molar-refractivity contribution in [2.75, 3.05) is 6.61 Å². The van der Waals surface area contributed by atoms with Crippen molar-refractivity contribution in [1.29, 1.82) is 5.26 Å². The molecule has 0 atom stereocenters. The summed E-state index contributed by atoms with van der Waals surface area (Å²) in [4.78, 5) is 19.4. The molecule has 3 rings (SSSR count). The fourth-order valence-electron chi connectivity index (χ4n) is 2.56. The Labute approximate surface area is 161 Å². The summed E-state index contributed by atoms with van der Waals surface area (Å²) in [5, 5.41) is 19.6. The number of nitrogens with one attached hydrogen (secondary N) is 1. The molecule has 0 aliphatic carbocycles. The first-order chi connectivity index (χ1) is 13.5. The maximum absolute atomic E-state index is 12.2. The number of aromatic amines is 1. The number of rotatable bonds is 6. The van der Waals surface area contributed by atoms with Crippen LogP contribution in [0, 0.1) is 11.3 Å². The molecular weight excluding hydrogens is 358 g/mol. The number of nitriles is 1. The van der Waals surface area contributed by atoms with Crippen LogP contribution < -0.4 is 4.74 Å². The zero-order valence-corrected chi connectivity index (χ0v) is 15.5. The smallest absolute Gasteiger partial charge is 0.338 e. The molecule has 0 unspecified atom stereocenters. The van der Waals surface area contributed by atoms with E-state index < -0.39 is 12.6 Å². The minimum absolute atomic E-state index is 0.0301. The number of carbonyl (C=O) groups excluding carboxylic acids is 1. The Hall–Kier alpha value is -3.79. The Bertz CT molecular complexity index is 1030. The fraction of sp³-hybridized carbons (Fsp3) is 0.190. The van der Waals surface area contributed by atoms with Gasteiger partial charge in [0.25, 0.3) is 0 Å². The number of aromatic nitrogens is 2. The molecule has 0 fully saturated rings. The van der Waals surface area contributed by atoms with E-state index in [1.807, 2.05) is 38.1 Å². The third kappa shape index (κ3) is 4.30. The number of para-hydroxylation sites is 2. The average molecular weight is 377 g/mol. The second kappa shape index (κ2) is 8.27. The van der Waals surface area contributed by atoms with Gasteiger partial charge < -0.3 is 19.6 Å². The molecule has 28 heavy (non-hydrogen) atoms. The Morgan fingerprint density at radius 3 is 2.57 bits per heavy atom. The van der Waals surface area contributed by atoms with Crippen LogP contribution in [-0.2, 0) is 4.74 Å². The van der Waals surface area contributed by atoms with Crippen LogP contribution in [0.4, 0.5) is 0 Å². The molecule has 142 valence electrons. The Morgan fingerprint density at radius 2 is 1.93 bits per heavy atom. The molecule has 0 spiro atoms. The molecule has 0 amide bonds. The van der Waals surface area contributed by atoms with E-state index in [9.17, 15) is 15.2 Å². The molecule has 0 saturated carbocycles. The molecular formula is C21H19N3O4. The summed E-state index contributed by atoms with van der Waals surface area (Å²) in [6.45, 7) is 3.38. The van der Waals surface area contributed by atoms with Crippen molar-refractivity contribution in [2.24, 2.45) is 0 Å². The third-order valence-electron chi connectivity index (χ3n) is 3.83. The number of allylic oxidation sites excluding steroid dienone is 1. The zero-order valence-electron chi connectivity index (χ0n) is 15.5. The SMILES string of the molecule is CC(C)Oc1ccc(C(=O)OC/C(O)=C(\C#N)c2nc3ccccc3[nH]2)cc1. The quantitative estimate of drug-likeness (QED) is 0.382. The molecule has 7 nitrogen and oxygen atoms in total. The summed E-state index contributed by atoms with van der Waals surface area (Å²) in [7, 11) is 0. The molecule has 7 heteroatoms. The van der Waals surface area contributed by atoms with Gasteiger partial charge in [0.2, 0.25) is 0 Å². The van der Waals surface area contributed by atoms with Crippen LogP contribution in [-0.4, -0.2) is 33.8 Å². The molecule has 0 saturated heterocycles. The van der Waals surface area contributed by atoms with Gasteiger partial charge in [-0.25, -0.2) is 9.78 Å². The lowest BCUT2D eigenvalue weighted by Gasteiger charge is -2.10. The molecule has 0 bridgehead atoms. The summed E-state index contributed by atoms with van der Waals surface area (Å²) in [5.41, 5.74) is 1.63. The first-order valence-corrected chi connectivity index (χ1v) is 8.69. The van der Waals surface area contributed by atoms with E-state index in [-0.39, 0.29) is 23.3 Å². The summed E-state index contributed by atoms with van der Waals surface area (Å²) in [5.74, 6) is -0.141. The lowest BCUT2D eigenvalue weighted by atomic mass is 10.2. The van der Waals surface area contributed by atoms with Gasteiger partial charge in [-0.05, 0) is 50.2 Å². The van der Waals surface area contributed by atoms with Gasteiger partial charge in [-0.15, -0.1) is 0 Å². The first kappa shape index (κ1) is 19.0. The van der Waals surface area contributed by atoms with E-state index in [1.165, 1.54) is 0 Å². The van der Waals surface area contributed by atoms with Crippen LogP contribution in [0.15, 0.2) is 54.3 Å². The molecule has 0 aliphatic rings. The third-order valence-corrected chi connectivity index (χ3v) is 3.83. The fourth-order valence-corrected chi connectivity index (χ4v) is 2.56. The van der Waals surface area contributed by atoms with E-state index in [2.05, 4.69) is 9.97 Å². The monoisotopic (exact) mass is 377 g/mol. The molecule has 0 aliphatic heterocycles. The number of benzene rings is 2. The number of carbonyl (C=O) groups is 1. The topological polar surface area (TPSA) is 108 Å². The van der Waals surface area contributed by atoms with E-state index in [4.69, 9.17) is 9.47 Å².